The van der Waals surface area contributed by atoms with E-state index in [1.807, 2.05) is 32.4 Å². The Morgan fingerprint density at radius 1 is 1.30 bits per heavy atom. The fourth-order valence-electron chi connectivity index (χ4n) is 2.61. The molecule has 1 amide bonds. The molecule has 0 spiro atoms. The van der Waals surface area contributed by atoms with Crippen LogP contribution in [0.4, 0.5) is 0 Å². The molecule has 1 aliphatic rings. The number of H-pyrrole nitrogens is 1. The zero-order chi connectivity index (χ0) is 13.4. The van der Waals surface area contributed by atoms with Gasteiger partial charge in [0.15, 0.2) is 0 Å². The average Bonchev–Trinajstić information content (AvgIpc) is 2.98. The number of amides is 1. The summed E-state index contributed by atoms with van der Waals surface area (Å²) in [6, 6.07) is 8.18. The molecule has 0 saturated heterocycles. The van der Waals surface area contributed by atoms with E-state index in [1.165, 1.54) is 5.56 Å². The molecule has 0 bridgehead atoms. The van der Waals surface area contributed by atoms with Crippen LogP contribution in [0.25, 0.3) is 11.3 Å². The highest BCUT2D eigenvalue weighted by Gasteiger charge is 2.24. The first-order valence-corrected chi connectivity index (χ1v) is 6.37. The first-order chi connectivity index (χ1) is 9.15. The Kier molecular flexibility index (Phi) is 4.16. The van der Waals surface area contributed by atoms with Gasteiger partial charge in [0.25, 0.3) is 5.91 Å². The van der Waals surface area contributed by atoms with E-state index in [9.17, 15) is 4.79 Å². The minimum atomic E-state index is 0. The Labute approximate surface area is 124 Å². The molecule has 2 aromatic rings. The molecule has 3 rings (SSSR count). The van der Waals surface area contributed by atoms with Crippen LogP contribution in [0.5, 0.6) is 0 Å². The number of halogens is 1. The first kappa shape index (κ1) is 14.6. The fraction of sp³-hybridized carbons (Fsp3) is 0.267. The molecule has 1 aromatic heterocycles. The lowest BCUT2D eigenvalue weighted by Gasteiger charge is -2.13. The van der Waals surface area contributed by atoms with Crippen molar-refractivity contribution in [3.63, 3.8) is 0 Å². The van der Waals surface area contributed by atoms with E-state index < -0.39 is 0 Å². The Hall–Kier alpha value is -1.78. The van der Waals surface area contributed by atoms with Gasteiger partial charge in [-0.1, -0.05) is 6.07 Å². The molecule has 0 unspecified atom stereocenters. The monoisotopic (exact) mass is 291 g/mol. The number of aromatic nitrogens is 1. The molecule has 5 heteroatoms. The average molecular weight is 292 g/mol. The van der Waals surface area contributed by atoms with Crippen molar-refractivity contribution >= 4 is 18.3 Å². The summed E-state index contributed by atoms with van der Waals surface area (Å²) < 4.78 is 0. The van der Waals surface area contributed by atoms with E-state index >= 15 is 0 Å². The van der Waals surface area contributed by atoms with E-state index in [0.717, 1.165) is 28.9 Å². The maximum Gasteiger partial charge on any atom is 0.252 e. The minimum Gasteiger partial charge on any atom is -0.361 e. The van der Waals surface area contributed by atoms with Crippen LogP contribution in [0.1, 0.15) is 21.5 Å². The summed E-state index contributed by atoms with van der Waals surface area (Å²) in [6.07, 6.45) is 1.88. The van der Waals surface area contributed by atoms with Crippen molar-refractivity contribution in [2.24, 2.45) is 0 Å². The van der Waals surface area contributed by atoms with Crippen molar-refractivity contribution in [3.05, 3.63) is 47.2 Å². The van der Waals surface area contributed by atoms with Crippen LogP contribution in [0.15, 0.2) is 30.5 Å². The van der Waals surface area contributed by atoms with Gasteiger partial charge >= 0.3 is 0 Å². The van der Waals surface area contributed by atoms with Crippen LogP contribution in [0, 0.1) is 0 Å². The SMILES string of the molecule is CN(C)Cc1cc2c(c(-c3ccc[nH]3)c1)C(=O)NC2.Cl. The molecule has 4 nitrogen and oxygen atoms in total. The van der Waals surface area contributed by atoms with Crippen LogP contribution >= 0.6 is 12.4 Å². The number of hydrogen-bond donors (Lipinski definition) is 2. The zero-order valence-corrected chi connectivity index (χ0v) is 12.4. The highest BCUT2D eigenvalue weighted by Crippen LogP contribution is 2.30. The maximum atomic E-state index is 12.0. The molecule has 0 saturated carbocycles. The molecule has 0 radical (unpaired) electrons. The van der Waals surface area contributed by atoms with Gasteiger partial charge in [-0.15, -0.1) is 12.4 Å². The number of nitrogens with zero attached hydrogens (tertiary/aromatic N) is 1. The smallest absolute Gasteiger partial charge is 0.252 e. The molecule has 2 N–H and O–H groups in total. The molecule has 0 aliphatic carbocycles. The van der Waals surface area contributed by atoms with Crippen molar-refractivity contribution in [3.8, 4) is 11.3 Å². The quantitative estimate of drug-likeness (QED) is 0.912. The van der Waals surface area contributed by atoms with Crippen molar-refractivity contribution in [1.29, 1.82) is 0 Å². The fourth-order valence-corrected chi connectivity index (χ4v) is 2.61. The molecule has 2 heterocycles. The summed E-state index contributed by atoms with van der Waals surface area (Å²) in [5.74, 6) is 0.0241. The third-order valence-electron chi connectivity index (χ3n) is 3.33. The summed E-state index contributed by atoms with van der Waals surface area (Å²) in [6.45, 7) is 1.50. The summed E-state index contributed by atoms with van der Waals surface area (Å²) >= 11 is 0. The number of hydrogen-bond acceptors (Lipinski definition) is 2. The molecular weight excluding hydrogens is 274 g/mol. The molecule has 1 aromatic carbocycles. The second-order valence-electron chi connectivity index (χ2n) is 5.18. The molecule has 106 valence electrons. The number of fused-ring (bicyclic) bond motifs is 1. The van der Waals surface area contributed by atoms with Gasteiger partial charge in [-0.2, -0.15) is 0 Å². The number of carbonyl (C=O) groups is 1. The summed E-state index contributed by atoms with van der Waals surface area (Å²) in [7, 11) is 4.09. The van der Waals surface area contributed by atoms with Crippen LogP contribution in [0.2, 0.25) is 0 Å². The summed E-state index contributed by atoms with van der Waals surface area (Å²) in [4.78, 5) is 17.3. The van der Waals surface area contributed by atoms with Crippen molar-refractivity contribution in [2.75, 3.05) is 14.1 Å². The van der Waals surface area contributed by atoms with E-state index in [2.05, 4.69) is 27.3 Å². The van der Waals surface area contributed by atoms with Gasteiger partial charge in [0.2, 0.25) is 0 Å². The number of nitrogens with one attached hydrogen (secondary N) is 2. The van der Waals surface area contributed by atoms with E-state index in [-0.39, 0.29) is 18.3 Å². The molecule has 20 heavy (non-hydrogen) atoms. The van der Waals surface area contributed by atoms with Crippen LogP contribution < -0.4 is 5.32 Å². The van der Waals surface area contributed by atoms with Gasteiger partial charge in [-0.3, -0.25) is 4.79 Å². The number of carbonyl (C=O) groups excluding carboxylic acids is 1. The number of rotatable bonds is 3. The predicted molar refractivity (Wildman–Crippen MR) is 82.0 cm³/mol. The largest absolute Gasteiger partial charge is 0.361 e. The number of benzene rings is 1. The normalized spacial score (nSPS) is 13.1. The van der Waals surface area contributed by atoms with Gasteiger partial charge in [0, 0.05) is 30.5 Å². The summed E-state index contributed by atoms with van der Waals surface area (Å²) in [5.41, 5.74) is 5.12. The Bertz CT molecular complexity index is 620. The lowest BCUT2D eigenvalue weighted by atomic mass is 9.97. The molecular formula is C15H18ClN3O. The summed E-state index contributed by atoms with van der Waals surface area (Å²) in [5, 5.41) is 2.90. The third kappa shape index (κ3) is 2.57. The highest BCUT2D eigenvalue weighted by molar-refractivity contribution is 6.04. The van der Waals surface area contributed by atoms with Crippen LogP contribution in [-0.4, -0.2) is 29.9 Å². The highest BCUT2D eigenvalue weighted by atomic mass is 35.5. The van der Waals surface area contributed by atoms with Crippen molar-refractivity contribution in [2.45, 2.75) is 13.1 Å². The molecule has 0 fully saturated rings. The van der Waals surface area contributed by atoms with Gasteiger partial charge in [-0.05, 0) is 43.4 Å². The first-order valence-electron chi connectivity index (χ1n) is 6.37. The van der Waals surface area contributed by atoms with E-state index in [1.54, 1.807) is 0 Å². The standard InChI is InChI=1S/C15H17N3O.ClH/c1-18(2)9-10-6-11-8-17-15(19)14(11)12(7-10)13-4-3-5-16-13;/h3-7,16H,8-9H2,1-2H3,(H,17,19);1H. The lowest BCUT2D eigenvalue weighted by Crippen LogP contribution is -2.13. The van der Waals surface area contributed by atoms with Crippen LogP contribution in [-0.2, 0) is 13.1 Å². The van der Waals surface area contributed by atoms with E-state index in [4.69, 9.17) is 0 Å². The van der Waals surface area contributed by atoms with Crippen LogP contribution in [0.3, 0.4) is 0 Å². The van der Waals surface area contributed by atoms with Crippen molar-refractivity contribution < 1.29 is 4.79 Å². The Balaban J connectivity index is 0.00000147. The van der Waals surface area contributed by atoms with Gasteiger partial charge in [0.1, 0.15) is 0 Å². The second-order valence-corrected chi connectivity index (χ2v) is 5.18. The Morgan fingerprint density at radius 3 is 2.75 bits per heavy atom. The lowest BCUT2D eigenvalue weighted by molar-refractivity contribution is 0.0966. The Morgan fingerprint density at radius 2 is 2.10 bits per heavy atom. The zero-order valence-electron chi connectivity index (χ0n) is 11.6. The molecule has 1 aliphatic heterocycles. The number of aromatic amines is 1. The van der Waals surface area contributed by atoms with Gasteiger partial charge in [-0.25, -0.2) is 0 Å². The predicted octanol–water partition coefficient (Wildman–Crippen LogP) is 2.41. The second kappa shape index (κ2) is 5.69. The maximum absolute atomic E-state index is 12.0. The topological polar surface area (TPSA) is 48.1 Å². The third-order valence-corrected chi connectivity index (χ3v) is 3.33. The van der Waals surface area contributed by atoms with E-state index in [0.29, 0.717) is 6.54 Å². The van der Waals surface area contributed by atoms with Crippen molar-refractivity contribution in [1.82, 2.24) is 15.2 Å². The minimum absolute atomic E-state index is 0. The van der Waals surface area contributed by atoms with Gasteiger partial charge in [0.05, 0.1) is 5.56 Å². The molecule has 0 atom stereocenters. The van der Waals surface area contributed by atoms with Gasteiger partial charge < -0.3 is 15.2 Å².